The zero-order valence-electron chi connectivity index (χ0n) is 12.3. The molecule has 114 valence electrons. The number of hydrogen-bond acceptors (Lipinski definition) is 3. The van der Waals surface area contributed by atoms with Crippen LogP contribution in [0.1, 0.15) is 38.5 Å². The topological polar surface area (TPSA) is 67.2 Å². The lowest BCUT2D eigenvalue weighted by Gasteiger charge is -2.14. The Kier molecular flexibility index (Phi) is 4.22. The van der Waals surface area contributed by atoms with Gasteiger partial charge in [-0.2, -0.15) is 5.10 Å². The number of amides is 2. The molecule has 1 aromatic heterocycles. The number of nitrogens with one attached hydrogen (secondary N) is 1. The lowest BCUT2D eigenvalue weighted by Crippen LogP contribution is -2.28. The molecule has 0 unspecified atom stereocenters. The van der Waals surface area contributed by atoms with Crippen molar-refractivity contribution in [2.45, 2.75) is 45.1 Å². The summed E-state index contributed by atoms with van der Waals surface area (Å²) < 4.78 is 1.88. The number of hydrogen-bond donors (Lipinski definition) is 1. The van der Waals surface area contributed by atoms with Crippen molar-refractivity contribution >= 4 is 17.5 Å². The number of aromatic nitrogens is 2. The van der Waals surface area contributed by atoms with Gasteiger partial charge in [0.25, 0.3) is 0 Å². The van der Waals surface area contributed by atoms with E-state index in [1.165, 1.54) is 12.8 Å². The summed E-state index contributed by atoms with van der Waals surface area (Å²) in [7, 11) is 0. The first-order chi connectivity index (χ1) is 10.2. The molecule has 6 nitrogen and oxygen atoms in total. The number of nitrogens with zero attached hydrogens (tertiary/aromatic N) is 3. The van der Waals surface area contributed by atoms with Crippen molar-refractivity contribution in [3.63, 3.8) is 0 Å². The van der Waals surface area contributed by atoms with Gasteiger partial charge in [0.15, 0.2) is 0 Å². The van der Waals surface area contributed by atoms with Gasteiger partial charge in [-0.3, -0.25) is 14.3 Å². The molecule has 2 amide bonds. The summed E-state index contributed by atoms with van der Waals surface area (Å²) in [6, 6.07) is 0. The zero-order valence-corrected chi connectivity index (χ0v) is 12.3. The van der Waals surface area contributed by atoms with Gasteiger partial charge in [-0.1, -0.05) is 0 Å². The number of carbonyl (C=O) groups excluding carboxylic acids is 2. The SMILES string of the molecule is O=C(CCC(=O)N1CCCC1)Nc1cnn(CC2CC2)c1. The molecule has 2 heterocycles. The van der Waals surface area contributed by atoms with Crippen LogP contribution in [0.5, 0.6) is 0 Å². The Labute approximate surface area is 124 Å². The fourth-order valence-electron chi connectivity index (χ4n) is 2.66. The van der Waals surface area contributed by atoms with Gasteiger partial charge < -0.3 is 10.2 Å². The molecule has 1 saturated carbocycles. The van der Waals surface area contributed by atoms with Crippen LogP contribution in [0, 0.1) is 5.92 Å². The summed E-state index contributed by atoms with van der Waals surface area (Å²) in [4.78, 5) is 25.6. The van der Waals surface area contributed by atoms with Gasteiger partial charge in [0, 0.05) is 38.7 Å². The standard InChI is InChI=1S/C15H22N4O2/c20-14(5-6-15(21)18-7-1-2-8-18)17-13-9-16-19(11-13)10-12-3-4-12/h9,11-12H,1-8,10H2,(H,17,20). The van der Waals surface area contributed by atoms with Crippen molar-refractivity contribution in [3.8, 4) is 0 Å². The highest BCUT2D eigenvalue weighted by Crippen LogP contribution is 2.30. The Morgan fingerprint density at radius 3 is 2.71 bits per heavy atom. The average molecular weight is 290 g/mol. The van der Waals surface area contributed by atoms with Crippen LogP contribution in [0.15, 0.2) is 12.4 Å². The van der Waals surface area contributed by atoms with E-state index in [-0.39, 0.29) is 18.2 Å². The molecule has 2 fully saturated rings. The first kappa shape index (κ1) is 14.1. The van der Waals surface area contributed by atoms with Gasteiger partial charge in [0.1, 0.15) is 0 Å². The van der Waals surface area contributed by atoms with E-state index in [2.05, 4.69) is 10.4 Å². The molecular formula is C15H22N4O2. The van der Waals surface area contributed by atoms with Crippen LogP contribution in [0.3, 0.4) is 0 Å². The summed E-state index contributed by atoms with van der Waals surface area (Å²) in [6.07, 6.45) is 8.78. The quantitative estimate of drug-likeness (QED) is 0.866. The highest BCUT2D eigenvalue weighted by atomic mass is 16.2. The van der Waals surface area contributed by atoms with Gasteiger partial charge in [0.2, 0.25) is 11.8 Å². The Morgan fingerprint density at radius 2 is 2.00 bits per heavy atom. The molecule has 0 radical (unpaired) electrons. The van der Waals surface area contributed by atoms with Crippen LogP contribution in [0.4, 0.5) is 5.69 Å². The second-order valence-corrected chi connectivity index (χ2v) is 6.03. The van der Waals surface area contributed by atoms with E-state index in [1.54, 1.807) is 6.20 Å². The molecule has 21 heavy (non-hydrogen) atoms. The van der Waals surface area contributed by atoms with Crippen LogP contribution < -0.4 is 5.32 Å². The van der Waals surface area contributed by atoms with Crippen molar-refractivity contribution in [2.24, 2.45) is 5.92 Å². The third-order valence-corrected chi connectivity index (χ3v) is 4.08. The summed E-state index contributed by atoms with van der Waals surface area (Å²) in [6.45, 7) is 2.62. The van der Waals surface area contributed by atoms with Crippen molar-refractivity contribution in [3.05, 3.63) is 12.4 Å². The molecule has 6 heteroatoms. The molecule has 1 aliphatic carbocycles. The van der Waals surface area contributed by atoms with Crippen molar-refractivity contribution in [2.75, 3.05) is 18.4 Å². The minimum atomic E-state index is -0.117. The molecule has 1 aliphatic heterocycles. The maximum absolute atomic E-state index is 11.9. The lowest BCUT2D eigenvalue weighted by molar-refractivity contribution is -0.131. The maximum atomic E-state index is 11.9. The predicted molar refractivity (Wildman–Crippen MR) is 78.6 cm³/mol. The molecular weight excluding hydrogens is 268 g/mol. The third kappa shape index (κ3) is 4.06. The first-order valence-electron chi connectivity index (χ1n) is 7.81. The van der Waals surface area contributed by atoms with Crippen LogP contribution in [0.25, 0.3) is 0 Å². The number of rotatable bonds is 6. The molecule has 0 aromatic carbocycles. The Hall–Kier alpha value is -1.85. The second kappa shape index (κ2) is 6.28. The highest BCUT2D eigenvalue weighted by molar-refractivity contribution is 5.93. The zero-order chi connectivity index (χ0) is 14.7. The third-order valence-electron chi connectivity index (χ3n) is 4.08. The minimum Gasteiger partial charge on any atom is -0.343 e. The number of likely N-dealkylation sites (tertiary alicyclic amines) is 1. The fraction of sp³-hybridized carbons (Fsp3) is 0.667. The predicted octanol–water partition coefficient (Wildman–Crippen LogP) is 1.63. The van der Waals surface area contributed by atoms with Crippen LogP contribution in [0.2, 0.25) is 0 Å². The monoisotopic (exact) mass is 290 g/mol. The first-order valence-corrected chi connectivity index (χ1v) is 7.81. The van der Waals surface area contributed by atoms with Gasteiger partial charge in [-0.25, -0.2) is 0 Å². The van der Waals surface area contributed by atoms with E-state index in [9.17, 15) is 9.59 Å². The van der Waals surface area contributed by atoms with E-state index in [0.717, 1.165) is 38.4 Å². The van der Waals surface area contributed by atoms with E-state index in [4.69, 9.17) is 0 Å². The molecule has 1 saturated heterocycles. The largest absolute Gasteiger partial charge is 0.343 e. The van der Waals surface area contributed by atoms with Crippen molar-refractivity contribution in [1.82, 2.24) is 14.7 Å². The average Bonchev–Trinajstić information content (AvgIpc) is 2.93. The molecule has 2 aliphatic rings. The summed E-state index contributed by atoms with van der Waals surface area (Å²) in [5.74, 6) is 0.729. The highest BCUT2D eigenvalue weighted by Gasteiger charge is 2.22. The van der Waals surface area contributed by atoms with E-state index >= 15 is 0 Å². The summed E-state index contributed by atoms with van der Waals surface area (Å²) >= 11 is 0. The van der Waals surface area contributed by atoms with E-state index in [0.29, 0.717) is 12.1 Å². The fourth-order valence-corrected chi connectivity index (χ4v) is 2.66. The second-order valence-electron chi connectivity index (χ2n) is 6.03. The smallest absolute Gasteiger partial charge is 0.224 e. The Morgan fingerprint density at radius 1 is 1.24 bits per heavy atom. The van der Waals surface area contributed by atoms with Crippen molar-refractivity contribution < 1.29 is 9.59 Å². The molecule has 0 spiro atoms. The number of anilines is 1. The lowest BCUT2D eigenvalue weighted by atomic mass is 10.2. The van der Waals surface area contributed by atoms with Gasteiger partial charge in [0.05, 0.1) is 11.9 Å². The van der Waals surface area contributed by atoms with E-state index in [1.807, 2.05) is 15.8 Å². The van der Waals surface area contributed by atoms with Crippen LogP contribution >= 0.6 is 0 Å². The molecule has 1 N–H and O–H groups in total. The normalized spacial score (nSPS) is 18.0. The van der Waals surface area contributed by atoms with Gasteiger partial charge in [-0.05, 0) is 31.6 Å². The Bertz CT molecular complexity index is 515. The van der Waals surface area contributed by atoms with E-state index < -0.39 is 0 Å². The molecule has 0 atom stereocenters. The summed E-state index contributed by atoms with van der Waals surface area (Å²) in [5.41, 5.74) is 0.717. The minimum absolute atomic E-state index is 0.0899. The van der Waals surface area contributed by atoms with Gasteiger partial charge in [-0.15, -0.1) is 0 Å². The van der Waals surface area contributed by atoms with Gasteiger partial charge >= 0.3 is 0 Å². The number of carbonyl (C=O) groups is 2. The van der Waals surface area contributed by atoms with Crippen LogP contribution in [-0.4, -0.2) is 39.6 Å². The van der Waals surface area contributed by atoms with Crippen molar-refractivity contribution in [1.29, 1.82) is 0 Å². The van der Waals surface area contributed by atoms with Crippen LogP contribution in [-0.2, 0) is 16.1 Å². The molecule has 1 aromatic rings. The molecule has 3 rings (SSSR count). The maximum Gasteiger partial charge on any atom is 0.224 e. The summed E-state index contributed by atoms with van der Waals surface area (Å²) in [5, 5.41) is 7.04. The Balaban J connectivity index is 1.40. The molecule has 0 bridgehead atoms.